The van der Waals surface area contributed by atoms with Crippen molar-refractivity contribution in [2.75, 3.05) is 0 Å². The molecular weight excluding hydrogens is 285 g/mol. The predicted molar refractivity (Wildman–Crippen MR) is 68.2 cm³/mol. The number of hydrogen-bond acceptors (Lipinski definition) is 2. The van der Waals surface area contributed by atoms with Crippen molar-refractivity contribution in [3.05, 3.63) is 57.7 Å². The molecule has 0 saturated heterocycles. The molecule has 1 heterocycles. The number of nitrogens with two attached hydrogens (primary N) is 1. The molecule has 0 saturated carbocycles. The predicted octanol–water partition coefficient (Wildman–Crippen LogP) is 3.73. The van der Waals surface area contributed by atoms with Gasteiger partial charge in [-0.15, -0.1) is 0 Å². The normalized spacial score (nSPS) is 12.7. The fourth-order valence-corrected chi connectivity index (χ4v) is 2.35. The van der Waals surface area contributed by atoms with E-state index in [1.165, 1.54) is 12.1 Å². The van der Waals surface area contributed by atoms with E-state index < -0.39 is 0 Å². The minimum atomic E-state index is -0.266. The Morgan fingerprint density at radius 1 is 1.41 bits per heavy atom. The van der Waals surface area contributed by atoms with Gasteiger partial charge < -0.3 is 10.2 Å². The molecule has 0 aliphatic rings. The molecule has 90 valence electrons. The zero-order chi connectivity index (χ0) is 12.4. The summed E-state index contributed by atoms with van der Waals surface area (Å²) in [6.07, 6.45) is 2.16. The molecule has 0 radical (unpaired) electrons. The number of furan rings is 1. The summed E-state index contributed by atoms with van der Waals surface area (Å²) in [6.45, 7) is 1.94. The van der Waals surface area contributed by atoms with Crippen LogP contribution in [-0.4, -0.2) is 0 Å². The first-order valence-electron chi connectivity index (χ1n) is 5.31. The quantitative estimate of drug-likeness (QED) is 0.937. The van der Waals surface area contributed by atoms with E-state index in [1.54, 1.807) is 6.26 Å². The van der Waals surface area contributed by atoms with Gasteiger partial charge in [0.15, 0.2) is 0 Å². The Hall–Kier alpha value is -1.13. The Morgan fingerprint density at radius 3 is 2.76 bits per heavy atom. The number of hydrogen-bond donors (Lipinski definition) is 1. The molecule has 17 heavy (non-hydrogen) atoms. The average Bonchev–Trinajstić information content (AvgIpc) is 2.62. The molecule has 0 fully saturated rings. The van der Waals surface area contributed by atoms with Gasteiger partial charge in [0.1, 0.15) is 11.6 Å². The first-order chi connectivity index (χ1) is 8.06. The molecule has 1 aromatic carbocycles. The zero-order valence-corrected chi connectivity index (χ0v) is 11.0. The molecule has 1 aromatic heterocycles. The van der Waals surface area contributed by atoms with Gasteiger partial charge in [0.05, 0.1) is 12.3 Å². The molecular formula is C13H13BrFNO. The van der Waals surface area contributed by atoms with E-state index in [1.807, 2.05) is 19.1 Å². The van der Waals surface area contributed by atoms with Gasteiger partial charge in [-0.2, -0.15) is 0 Å². The molecule has 0 amide bonds. The van der Waals surface area contributed by atoms with Crippen LogP contribution >= 0.6 is 15.9 Å². The highest BCUT2D eigenvalue weighted by atomic mass is 79.9. The lowest BCUT2D eigenvalue weighted by atomic mass is 10.0. The maximum absolute atomic E-state index is 13.2. The van der Waals surface area contributed by atoms with Crippen molar-refractivity contribution in [1.82, 2.24) is 0 Å². The number of halogens is 2. The van der Waals surface area contributed by atoms with E-state index in [9.17, 15) is 4.39 Å². The van der Waals surface area contributed by atoms with Crippen molar-refractivity contribution in [3.8, 4) is 0 Å². The fraction of sp³-hybridized carbons (Fsp3) is 0.231. The molecule has 2 rings (SSSR count). The summed E-state index contributed by atoms with van der Waals surface area (Å²) in [7, 11) is 0. The van der Waals surface area contributed by atoms with Crippen molar-refractivity contribution in [2.24, 2.45) is 5.73 Å². The van der Waals surface area contributed by atoms with Crippen LogP contribution in [0.5, 0.6) is 0 Å². The number of aryl methyl sites for hydroxylation is 1. The summed E-state index contributed by atoms with van der Waals surface area (Å²) in [5, 5.41) is 0. The second kappa shape index (κ2) is 5.02. The minimum Gasteiger partial charge on any atom is -0.467 e. The molecule has 2 N–H and O–H groups in total. The summed E-state index contributed by atoms with van der Waals surface area (Å²) < 4.78 is 19.3. The standard InChI is InChI=1S/C13H13BrFNO/c1-8-2-3-17-13(8)12(16)6-9-4-10(14)7-11(15)5-9/h2-5,7,12H,6,16H2,1H3. The van der Waals surface area contributed by atoms with Crippen LogP contribution in [0, 0.1) is 12.7 Å². The van der Waals surface area contributed by atoms with Crippen molar-refractivity contribution < 1.29 is 8.81 Å². The first-order valence-corrected chi connectivity index (χ1v) is 6.10. The topological polar surface area (TPSA) is 39.2 Å². The third kappa shape index (κ3) is 2.96. The lowest BCUT2D eigenvalue weighted by molar-refractivity contribution is 0.461. The van der Waals surface area contributed by atoms with Crippen LogP contribution in [0.25, 0.3) is 0 Å². The van der Waals surface area contributed by atoms with E-state index in [0.717, 1.165) is 21.4 Å². The van der Waals surface area contributed by atoms with Gasteiger partial charge in [-0.25, -0.2) is 4.39 Å². The van der Waals surface area contributed by atoms with Crippen LogP contribution in [0.4, 0.5) is 4.39 Å². The van der Waals surface area contributed by atoms with Crippen LogP contribution in [0.1, 0.15) is 22.9 Å². The molecule has 0 bridgehead atoms. The fourth-order valence-electron chi connectivity index (χ4n) is 1.84. The second-order valence-corrected chi connectivity index (χ2v) is 4.97. The highest BCUT2D eigenvalue weighted by Crippen LogP contribution is 2.22. The second-order valence-electron chi connectivity index (χ2n) is 4.06. The molecule has 2 nitrogen and oxygen atoms in total. The Balaban J connectivity index is 2.18. The number of benzene rings is 1. The van der Waals surface area contributed by atoms with Crippen LogP contribution in [0.2, 0.25) is 0 Å². The van der Waals surface area contributed by atoms with E-state index in [0.29, 0.717) is 6.42 Å². The lowest BCUT2D eigenvalue weighted by Gasteiger charge is -2.10. The van der Waals surface area contributed by atoms with Gasteiger partial charge in [-0.05, 0) is 48.7 Å². The van der Waals surface area contributed by atoms with Crippen LogP contribution in [0.15, 0.2) is 39.4 Å². The van der Waals surface area contributed by atoms with Crippen LogP contribution in [0.3, 0.4) is 0 Å². The van der Waals surface area contributed by atoms with Gasteiger partial charge in [-0.1, -0.05) is 15.9 Å². The van der Waals surface area contributed by atoms with Gasteiger partial charge in [0, 0.05) is 4.47 Å². The van der Waals surface area contributed by atoms with Crippen molar-refractivity contribution in [3.63, 3.8) is 0 Å². The number of rotatable bonds is 3. The van der Waals surface area contributed by atoms with Crippen LogP contribution in [-0.2, 0) is 6.42 Å². The third-order valence-electron chi connectivity index (χ3n) is 2.62. The molecule has 0 aliphatic carbocycles. The molecule has 0 spiro atoms. The smallest absolute Gasteiger partial charge is 0.124 e. The van der Waals surface area contributed by atoms with Crippen molar-refractivity contribution in [1.29, 1.82) is 0 Å². The summed E-state index contributed by atoms with van der Waals surface area (Å²) in [5.41, 5.74) is 7.91. The average molecular weight is 298 g/mol. The maximum atomic E-state index is 13.2. The summed E-state index contributed by atoms with van der Waals surface area (Å²) in [4.78, 5) is 0. The lowest BCUT2D eigenvalue weighted by Crippen LogP contribution is -2.13. The van der Waals surface area contributed by atoms with Gasteiger partial charge >= 0.3 is 0 Å². The highest BCUT2D eigenvalue weighted by molar-refractivity contribution is 9.10. The largest absolute Gasteiger partial charge is 0.467 e. The van der Waals surface area contributed by atoms with Crippen molar-refractivity contribution in [2.45, 2.75) is 19.4 Å². The van der Waals surface area contributed by atoms with Gasteiger partial charge in [0.25, 0.3) is 0 Å². The Labute approximate surface area is 108 Å². The molecule has 1 unspecified atom stereocenters. The third-order valence-corrected chi connectivity index (χ3v) is 3.07. The molecule has 0 aliphatic heterocycles. The summed E-state index contributed by atoms with van der Waals surface area (Å²) in [6, 6.07) is 6.40. The highest BCUT2D eigenvalue weighted by Gasteiger charge is 2.13. The van der Waals surface area contributed by atoms with E-state index in [4.69, 9.17) is 10.2 Å². The Morgan fingerprint density at radius 2 is 2.18 bits per heavy atom. The Kier molecular flexibility index (Phi) is 3.64. The molecule has 2 aromatic rings. The summed E-state index contributed by atoms with van der Waals surface area (Å²) in [5.74, 6) is 0.489. The molecule has 1 atom stereocenters. The zero-order valence-electron chi connectivity index (χ0n) is 9.41. The van der Waals surface area contributed by atoms with Crippen LogP contribution < -0.4 is 5.73 Å². The van der Waals surface area contributed by atoms with Gasteiger partial charge in [0.2, 0.25) is 0 Å². The van der Waals surface area contributed by atoms with E-state index in [2.05, 4.69) is 15.9 Å². The Bertz CT molecular complexity index is 504. The van der Waals surface area contributed by atoms with Gasteiger partial charge in [-0.3, -0.25) is 0 Å². The maximum Gasteiger partial charge on any atom is 0.124 e. The molecule has 4 heteroatoms. The van der Waals surface area contributed by atoms with E-state index in [-0.39, 0.29) is 11.9 Å². The monoisotopic (exact) mass is 297 g/mol. The minimum absolute atomic E-state index is 0.251. The SMILES string of the molecule is Cc1ccoc1C(N)Cc1cc(F)cc(Br)c1. The van der Waals surface area contributed by atoms with E-state index >= 15 is 0 Å². The van der Waals surface area contributed by atoms with Crippen molar-refractivity contribution >= 4 is 15.9 Å². The first kappa shape index (κ1) is 12.3. The summed E-state index contributed by atoms with van der Waals surface area (Å²) >= 11 is 3.26.